The zero-order chi connectivity index (χ0) is 14.5. The lowest BCUT2D eigenvalue weighted by Gasteiger charge is -2.20. The highest BCUT2D eigenvalue weighted by atomic mass is 35.5. The Kier molecular flexibility index (Phi) is 5.91. The van der Waals surface area contributed by atoms with E-state index >= 15 is 0 Å². The molecule has 0 atom stereocenters. The van der Waals surface area contributed by atoms with Crippen molar-refractivity contribution < 1.29 is 19.3 Å². The van der Waals surface area contributed by atoms with Crippen LogP contribution >= 0.6 is 11.6 Å². The summed E-state index contributed by atoms with van der Waals surface area (Å²) in [6.07, 6.45) is 0. The van der Waals surface area contributed by atoms with Crippen molar-refractivity contribution in [3.63, 3.8) is 0 Å². The van der Waals surface area contributed by atoms with Gasteiger partial charge in [-0.05, 0) is 26.8 Å². The van der Waals surface area contributed by atoms with E-state index in [1.165, 1.54) is 7.11 Å². The van der Waals surface area contributed by atoms with Crippen molar-refractivity contribution in [2.24, 2.45) is 0 Å². The van der Waals surface area contributed by atoms with Crippen molar-refractivity contribution in [3.05, 3.63) is 22.7 Å². The zero-order valence-corrected chi connectivity index (χ0v) is 12.6. The first-order valence-electron chi connectivity index (χ1n) is 6.11. The number of rotatable bonds is 6. The number of aliphatic hydroxyl groups is 1. The van der Waals surface area contributed by atoms with E-state index < -0.39 is 0 Å². The maximum atomic E-state index is 9.32. The monoisotopic (exact) mass is 288 g/mol. The Hall–Kier alpha value is -0.970. The van der Waals surface area contributed by atoms with Crippen LogP contribution in [0.1, 0.15) is 26.3 Å². The summed E-state index contributed by atoms with van der Waals surface area (Å²) in [5.74, 6) is 1.01. The largest absolute Gasteiger partial charge is 0.493 e. The number of ether oxygens (including phenoxy) is 3. The van der Waals surface area contributed by atoms with Crippen molar-refractivity contribution in [2.75, 3.05) is 20.3 Å². The molecule has 0 saturated carbocycles. The standard InChI is InChI=1S/C14H21ClO4/c1-14(2,3)19-6-5-18-13-10(9-16)7-11(15)8-12(13)17-4/h7-8,16H,5-6,9H2,1-4H3. The van der Waals surface area contributed by atoms with E-state index in [9.17, 15) is 5.11 Å². The van der Waals surface area contributed by atoms with Crippen LogP contribution < -0.4 is 9.47 Å². The van der Waals surface area contributed by atoms with Gasteiger partial charge in [0.15, 0.2) is 11.5 Å². The quantitative estimate of drug-likeness (QED) is 0.818. The first-order valence-corrected chi connectivity index (χ1v) is 6.49. The predicted octanol–water partition coefficient (Wildman–Crippen LogP) is 3.03. The van der Waals surface area contributed by atoms with E-state index in [0.29, 0.717) is 35.3 Å². The SMILES string of the molecule is COc1cc(Cl)cc(CO)c1OCCOC(C)(C)C. The van der Waals surface area contributed by atoms with Crippen LogP contribution in [0, 0.1) is 0 Å². The molecule has 0 saturated heterocycles. The van der Waals surface area contributed by atoms with Gasteiger partial charge in [0.05, 0.1) is 25.9 Å². The van der Waals surface area contributed by atoms with Crippen LogP contribution in [0.25, 0.3) is 0 Å². The van der Waals surface area contributed by atoms with Gasteiger partial charge in [0.25, 0.3) is 0 Å². The van der Waals surface area contributed by atoms with E-state index in [4.69, 9.17) is 25.8 Å². The Balaban J connectivity index is 2.71. The van der Waals surface area contributed by atoms with Crippen LogP contribution in [-0.2, 0) is 11.3 Å². The molecular formula is C14H21ClO4. The fourth-order valence-corrected chi connectivity index (χ4v) is 1.78. The third kappa shape index (κ3) is 5.27. The van der Waals surface area contributed by atoms with Crippen LogP contribution in [0.15, 0.2) is 12.1 Å². The van der Waals surface area contributed by atoms with Gasteiger partial charge in [-0.1, -0.05) is 11.6 Å². The number of benzene rings is 1. The Bertz CT molecular complexity index is 387. The van der Waals surface area contributed by atoms with Gasteiger partial charge in [-0.2, -0.15) is 0 Å². The third-order valence-electron chi connectivity index (χ3n) is 2.35. The van der Waals surface area contributed by atoms with Crippen molar-refractivity contribution in [3.8, 4) is 11.5 Å². The molecule has 1 rings (SSSR count). The minimum absolute atomic E-state index is 0.160. The first-order chi connectivity index (χ1) is 8.87. The first kappa shape index (κ1) is 16.1. The highest BCUT2D eigenvalue weighted by Crippen LogP contribution is 2.34. The minimum atomic E-state index is -0.201. The van der Waals surface area contributed by atoms with E-state index in [0.717, 1.165) is 0 Å². The molecule has 0 unspecified atom stereocenters. The average molecular weight is 289 g/mol. The number of hydrogen-bond donors (Lipinski definition) is 1. The molecule has 0 aliphatic rings. The molecule has 0 aromatic heterocycles. The fourth-order valence-electron chi connectivity index (χ4n) is 1.55. The maximum Gasteiger partial charge on any atom is 0.166 e. The van der Waals surface area contributed by atoms with Crippen LogP contribution in [-0.4, -0.2) is 31.0 Å². The molecule has 19 heavy (non-hydrogen) atoms. The van der Waals surface area contributed by atoms with Gasteiger partial charge in [0, 0.05) is 16.7 Å². The van der Waals surface area contributed by atoms with Gasteiger partial charge in [-0.25, -0.2) is 0 Å². The second kappa shape index (κ2) is 6.98. The summed E-state index contributed by atoms with van der Waals surface area (Å²) < 4.78 is 16.4. The minimum Gasteiger partial charge on any atom is -0.493 e. The van der Waals surface area contributed by atoms with Gasteiger partial charge < -0.3 is 19.3 Å². The molecule has 0 bridgehead atoms. The van der Waals surface area contributed by atoms with Gasteiger partial charge in [-0.3, -0.25) is 0 Å². The lowest BCUT2D eigenvalue weighted by molar-refractivity contribution is -0.0167. The molecule has 1 aromatic carbocycles. The molecule has 5 heteroatoms. The summed E-state index contributed by atoms with van der Waals surface area (Å²) in [6.45, 7) is 6.62. The second-order valence-corrected chi connectivity index (χ2v) is 5.50. The van der Waals surface area contributed by atoms with E-state index in [1.54, 1.807) is 12.1 Å². The van der Waals surface area contributed by atoms with E-state index in [1.807, 2.05) is 20.8 Å². The summed E-state index contributed by atoms with van der Waals surface area (Å²) in [6, 6.07) is 3.31. The molecule has 0 heterocycles. The van der Waals surface area contributed by atoms with Crippen molar-refractivity contribution >= 4 is 11.6 Å². The summed E-state index contributed by atoms with van der Waals surface area (Å²) in [5.41, 5.74) is 0.396. The molecule has 0 radical (unpaired) electrons. The highest BCUT2D eigenvalue weighted by Gasteiger charge is 2.14. The molecule has 0 spiro atoms. The highest BCUT2D eigenvalue weighted by molar-refractivity contribution is 6.30. The molecule has 0 aliphatic heterocycles. The van der Waals surface area contributed by atoms with Crippen LogP contribution in [0.2, 0.25) is 5.02 Å². The molecule has 0 amide bonds. The lowest BCUT2D eigenvalue weighted by atomic mass is 10.2. The van der Waals surface area contributed by atoms with Gasteiger partial charge >= 0.3 is 0 Å². The molecule has 108 valence electrons. The number of halogens is 1. The molecule has 1 aromatic rings. The maximum absolute atomic E-state index is 9.32. The Morgan fingerprint density at radius 1 is 1.21 bits per heavy atom. The van der Waals surface area contributed by atoms with E-state index in [-0.39, 0.29) is 12.2 Å². The number of aliphatic hydroxyl groups excluding tert-OH is 1. The third-order valence-corrected chi connectivity index (χ3v) is 2.57. The summed E-state index contributed by atoms with van der Waals surface area (Å²) >= 11 is 5.93. The second-order valence-electron chi connectivity index (χ2n) is 5.06. The van der Waals surface area contributed by atoms with Gasteiger partial charge in [0.1, 0.15) is 6.61 Å². The topological polar surface area (TPSA) is 47.9 Å². The van der Waals surface area contributed by atoms with Gasteiger partial charge in [0.2, 0.25) is 0 Å². The smallest absolute Gasteiger partial charge is 0.166 e. The molecule has 1 N–H and O–H groups in total. The predicted molar refractivity (Wildman–Crippen MR) is 75.1 cm³/mol. The Morgan fingerprint density at radius 2 is 1.89 bits per heavy atom. The summed E-state index contributed by atoms with van der Waals surface area (Å²) in [4.78, 5) is 0. The lowest BCUT2D eigenvalue weighted by Crippen LogP contribution is -2.22. The van der Waals surface area contributed by atoms with Crippen molar-refractivity contribution in [1.29, 1.82) is 0 Å². The normalized spacial score (nSPS) is 11.5. The van der Waals surface area contributed by atoms with E-state index in [2.05, 4.69) is 0 Å². The van der Waals surface area contributed by atoms with Gasteiger partial charge in [-0.15, -0.1) is 0 Å². The van der Waals surface area contributed by atoms with Crippen LogP contribution in [0.5, 0.6) is 11.5 Å². The summed E-state index contributed by atoms with van der Waals surface area (Å²) in [7, 11) is 1.53. The molecule has 0 aliphatic carbocycles. The molecule has 0 fully saturated rings. The summed E-state index contributed by atoms with van der Waals surface area (Å²) in [5, 5.41) is 9.82. The van der Waals surface area contributed by atoms with Crippen LogP contribution in [0.4, 0.5) is 0 Å². The zero-order valence-electron chi connectivity index (χ0n) is 11.8. The average Bonchev–Trinajstić information content (AvgIpc) is 2.33. The number of methoxy groups -OCH3 is 1. The van der Waals surface area contributed by atoms with Crippen molar-refractivity contribution in [1.82, 2.24) is 0 Å². The Morgan fingerprint density at radius 3 is 2.42 bits per heavy atom. The van der Waals surface area contributed by atoms with Crippen molar-refractivity contribution in [2.45, 2.75) is 33.0 Å². The fraction of sp³-hybridized carbons (Fsp3) is 0.571. The Labute approximate surface area is 119 Å². The number of hydrogen-bond acceptors (Lipinski definition) is 4. The van der Waals surface area contributed by atoms with Crippen LogP contribution in [0.3, 0.4) is 0 Å². The molecular weight excluding hydrogens is 268 g/mol. The molecule has 4 nitrogen and oxygen atoms in total.